The number of nitrogens with zero attached hydrogens (tertiary/aromatic N) is 1. The number of rotatable bonds is 3. The molecule has 4 nitrogen and oxygen atoms in total. The predicted octanol–water partition coefficient (Wildman–Crippen LogP) is 3.55. The van der Waals surface area contributed by atoms with Gasteiger partial charge in [-0.1, -0.05) is 0 Å². The summed E-state index contributed by atoms with van der Waals surface area (Å²) in [6.45, 7) is 12.6. The Bertz CT molecular complexity index is 570. The van der Waals surface area contributed by atoms with E-state index in [0.29, 0.717) is 12.1 Å². The number of hydrogen-bond acceptors (Lipinski definition) is 3. The maximum absolute atomic E-state index is 12.7. The summed E-state index contributed by atoms with van der Waals surface area (Å²) in [6.07, 6.45) is 0.0571. The number of benzene rings is 1. The molecule has 0 N–H and O–H groups in total. The number of carbonyl (C=O) groups excluding carboxylic acids is 1. The van der Waals surface area contributed by atoms with Crippen LogP contribution in [0.3, 0.4) is 0 Å². The van der Waals surface area contributed by atoms with Gasteiger partial charge in [0.2, 0.25) is 0 Å². The van der Waals surface area contributed by atoms with Gasteiger partial charge in [0.15, 0.2) is 0 Å². The molecular weight excluding hydrogens is 266 g/mol. The number of fused-ring (bicyclic) bond motifs is 1. The molecule has 21 heavy (non-hydrogen) atoms. The molecule has 0 aliphatic carbocycles. The van der Waals surface area contributed by atoms with Crippen molar-refractivity contribution in [2.45, 2.75) is 59.7 Å². The van der Waals surface area contributed by atoms with E-state index in [4.69, 9.17) is 9.47 Å². The van der Waals surface area contributed by atoms with Crippen LogP contribution in [0, 0.1) is 6.92 Å². The summed E-state index contributed by atoms with van der Waals surface area (Å²) >= 11 is 0. The van der Waals surface area contributed by atoms with E-state index in [1.807, 2.05) is 52.5 Å². The van der Waals surface area contributed by atoms with Crippen LogP contribution >= 0.6 is 0 Å². The molecule has 1 aliphatic heterocycles. The summed E-state index contributed by atoms with van der Waals surface area (Å²) in [6, 6.07) is 1.86. The van der Waals surface area contributed by atoms with Crippen LogP contribution in [0.1, 0.15) is 56.1 Å². The molecule has 116 valence electrons. The molecule has 0 unspecified atom stereocenters. The quantitative estimate of drug-likeness (QED) is 0.855. The van der Waals surface area contributed by atoms with Gasteiger partial charge in [-0.25, -0.2) is 0 Å². The van der Waals surface area contributed by atoms with Crippen LogP contribution in [0.25, 0.3) is 0 Å². The lowest BCUT2D eigenvalue weighted by molar-refractivity contribution is 0.0608. The summed E-state index contributed by atoms with van der Waals surface area (Å²) in [5.74, 6) is 1.54. The van der Waals surface area contributed by atoms with Crippen LogP contribution in [0.5, 0.6) is 11.5 Å². The van der Waals surface area contributed by atoms with Gasteiger partial charge in [-0.15, -0.1) is 0 Å². The first kappa shape index (κ1) is 15.7. The highest BCUT2D eigenvalue weighted by molar-refractivity contribution is 6.00. The Morgan fingerprint density at radius 2 is 1.90 bits per heavy atom. The van der Waals surface area contributed by atoms with Gasteiger partial charge in [0.1, 0.15) is 11.5 Å². The van der Waals surface area contributed by atoms with Gasteiger partial charge in [0.05, 0.1) is 25.3 Å². The van der Waals surface area contributed by atoms with Crippen LogP contribution < -0.4 is 9.47 Å². The third kappa shape index (κ3) is 2.71. The number of hydrogen-bond donors (Lipinski definition) is 0. The molecule has 1 amide bonds. The van der Waals surface area contributed by atoms with Crippen molar-refractivity contribution in [2.75, 3.05) is 7.11 Å². The summed E-state index contributed by atoms with van der Waals surface area (Å²) in [7, 11) is 1.64. The maximum Gasteiger partial charge on any atom is 0.255 e. The Morgan fingerprint density at radius 3 is 2.38 bits per heavy atom. The molecule has 0 atom stereocenters. The molecule has 0 spiro atoms. The van der Waals surface area contributed by atoms with Gasteiger partial charge < -0.3 is 14.4 Å². The lowest BCUT2D eigenvalue weighted by Crippen LogP contribution is -2.41. The van der Waals surface area contributed by atoms with Gasteiger partial charge in [-0.05, 0) is 47.6 Å². The van der Waals surface area contributed by atoms with Crippen molar-refractivity contribution in [2.24, 2.45) is 0 Å². The van der Waals surface area contributed by atoms with Crippen molar-refractivity contribution in [1.82, 2.24) is 4.90 Å². The first-order valence-electron chi connectivity index (χ1n) is 7.36. The zero-order valence-corrected chi connectivity index (χ0v) is 14.0. The SMILES string of the molecule is COc1c(C)c(OC(C)C)cc2c1CN(C(C)(C)C)C2=O. The standard InChI is InChI=1S/C17H25NO3/c1-10(2)21-14-8-12-13(15(20-7)11(14)3)9-18(16(12)19)17(4,5)6/h8,10H,9H2,1-7H3. The minimum absolute atomic E-state index is 0.0457. The fourth-order valence-corrected chi connectivity index (χ4v) is 2.70. The molecule has 0 fully saturated rings. The summed E-state index contributed by atoms with van der Waals surface area (Å²) < 4.78 is 11.4. The Hall–Kier alpha value is -1.71. The molecule has 1 aromatic rings. The third-order valence-corrected chi connectivity index (χ3v) is 3.75. The molecule has 0 bridgehead atoms. The molecule has 4 heteroatoms. The summed E-state index contributed by atoms with van der Waals surface area (Å²) in [4.78, 5) is 14.5. The topological polar surface area (TPSA) is 38.8 Å². The van der Waals surface area contributed by atoms with Crippen LogP contribution in [0.15, 0.2) is 6.07 Å². The zero-order chi connectivity index (χ0) is 15.9. The van der Waals surface area contributed by atoms with Crippen LogP contribution in [-0.4, -0.2) is 29.6 Å². The average Bonchev–Trinajstić information content (AvgIpc) is 2.67. The van der Waals surface area contributed by atoms with Crippen molar-refractivity contribution in [3.8, 4) is 11.5 Å². The fraction of sp³-hybridized carbons (Fsp3) is 0.588. The molecule has 0 saturated heterocycles. The van der Waals surface area contributed by atoms with Gasteiger partial charge in [-0.2, -0.15) is 0 Å². The van der Waals surface area contributed by atoms with Crippen LogP contribution in [0.2, 0.25) is 0 Å². The zero-order valence-electron chi connectivity index (χ0n) is 14.0. The number of ether oxygens (including phenoxy) is 2. The van der Waals surface area contributed by atoms with E-state index < -0.39 is 0 Å². The van der Waals surface area contributed by atoms with Crippen LogP contribution in [0.4, 0.5) is 0 Å². The minimum atomic E-state index is -0.214. The number of carbonyl (C=O) groups is 1. The van der Waals surface area contributed by atoms with Gasteiger partial charge in [0.25, 0.3) is 5.91 Å². The molecule has 2 rings (SSSR count). The summed E-state index contributed by atoms with van der Waals surface area (Å²) in [5.41, 5.74) is 2.40. The molecular formula is C17H25NO3. The van der Waals surface area contributed by atoms with Gasteiger partial charge >= 0.3 is 0 Å². The Balaban J connectivity index is 2.55. The maximum atomic E-state index is 12.7. The third-order valence-electron chi connectivity index (χ3n) is 3.75. The fourth-order valence-electron chi connectivity index (χ4n) is 2.70. The molecule has 0 aromatic heterocycles. The van der Waals surface area contributed by atoms with E-state index in [-0.39, 0.29) is 17.6 Å². The monoisotopic (exact) mass is 291 g/mol. The van der Waals surface area contributed by atoms with Crippen molar-refractivity contribution in [3.05, 3.63) is 22.8 Å². The van der Waals surface area contributed by atoms with E-state index in [0.717, 1.165) is 22.6 Å². The van der Waals surface area contributed by atoms with E-state index in [9.17, 15) is 4.79 Å². The Kier molecular flexibility index (Phi) is 3.91. The van der Waals surface area contributed by atoms with Gasteiger partial charge in [-0.3, -0.25) is 4.79 Å². The van der Waals surface area contributed by atoms with Crippen molar-refractivity contribution in [3.63, 3.8) is 0 Å². The molecule has 0 radical (unpaired) electrons. The molecule has 1 aromatic carbocycles. The highest BCUT2D eigenvalue weighted by Crippen LogP contribution is 2.41. The first-order chi connectivity index (χ1) is 9.66. The van der Waals surface area contributed by atoms with Crippen LogP contribution in [-0.2, 0) is 6.54 Å². The first-order valence-corrected chi connectivity index (χ1v) is 7.36. The van der Waals surface area contributed by atoms with Gasteiger partial charge in [0, 0.05) is 16.7 Å². The second-order valence-electron chi connectivity index (χ2n) is 6.79. The van der Waals surface area contributed by atoms with Crippen molar-refractivity contribution < 1.29 is 14.3 Å². The summed E-state index contributed by atoms with van der Waals surface area (Å²) in [5, 5.41) is 0. The van der Waals surface area contributed by atoms with Crippen molar-refractivity contribution in [1.29, 1.82) is 0 Å². The normalized spacial score (nSPS) is 14.7. The number of amides is 1. The lowest BCUT2D eigenvalue weighted by Gasteiger charge is -2.31. The molecule has 1 heterocycles. The number of methoxy groups -OCH3 is 1. The lowest BCUT2D eigenvalue weighted by atomic mass is 10.0. The van der Waals surface area contributed by atoms with E-state index in [2.05, 4.69) is 0 Å². The van der Waals surface area contributed by atoms with E-state index in [1.165, 1.54) is 0 Å². The van der Waals surface area contributed by atoms with E-state index in [1.54, 1.807) is 7.11 Å². The van der Waals surface area contributed by atoms with Crippen molar-refractivity contribution >= 4 is 5.91 Å². The Labute approximate surface area is 127 Å². The highest BCUT2D eigenvalue weighted by Gasteiger charge is 2.37. The average molecular weight is 291 g/mol. The second-order valence-corrected chi connectivity index (χ2v) is 6.79. The highest BCUT2D eigenvalue weighted by atomic mass is 16.5. The Morgan fingerprint density at radius 1 is 1.29 bits per heavy atom. The largest absolute Gasteiger partial charge is 0.496 e. The molecule has 1 aliphatic rings. The predicted molar refractivity (Wildman–Crippen MR) is 83.1 cm³/mol. The minimum Gasteiger partial charge on any atom is -0.496 e. The van der Waals surface area contributed by atoms with E-state index >= 15 is 0 Å². The smallest absolute Gasteiger partial charge is 0.255 e. The second kappa shape index (κ2) is 5.24. The molecule has 0 saturated carbocycles.